The molecule has 0 aliphatic carbocycles. The Kier molecular flexibility index (Phi) is 5.48. The number of aliphatic hydroxyl groups is 1. The van der Waals surface area contributed by atoms with Crippen LogP contribution < -0.4 is 0 Å². The Morgan fingerprint density at radius 1 is 1.40 bits per heavy atom. The van der Waals surface area contributed by atoms with Crippen LogP contribution in [0, 0.1) is 17.1 Å². The van der Waals surface area contributed by atoms with Crippen molar-refractivity contribution in [3.63, 3.8) is 0 Å². The molecule has 0 atom stereocenters. The van der Waals surface area contributed by atoms with Gasteiger partial charge in [-0.1, -0.05) is 0 Å². The minimum atomic E-state index is -0.261. The van der Waals surface area contributed by atoms with Crippen LogP contribution in [-0.4, -0.2) is 42.4 Å². The molecule has 0 saturated carbocycles. The molecule has 1 N–H and O–H groups in total. The number of likely N-dealkylation sites (tertiary alicyclic amines) is 1. The topological polar surface area (TPSA) is 56.5 Å². The second kappa shape index (κ2) is 7.34. The third-order valence-electron chi connectivity index (χ3n) is 3.55. The zero-order valence-corrected chi connectivity index (χ0v) is 11.4. The zero-order chi connectivity index (χ0) is 14.4. The van der Waals surface area contributed by atoms with Crippen molar-refractivity contribution in [3.8, 4) is 6.07 Å². The molecule has 0 unspecified atom stereocenters. The van der Waals surface area contributed by atoms with E-state index in [1.54, 1.807) is 6.07 Å². The van der Waals surface area contributed by atoms with Crippen LogP contribution in [0.4, 0.5) is 4.39 Å². The first-order chi connectivity index (χ1) is 9.72. The van der Waals surface area contributed by atoms with Gasteiger partial charge in [-0.05, 0) is 31.0 Å². The molecular formula is C15H19FN2O2. The molecule has 0 aromatic heterocycles. The number of piperidine rings is 1. The van der Waals surface area contributed by atoms with Crippen LogP contribution in [0.5, 0.6) is 0 Å². The van der Waals surface area contributed by atoms with E-state index < -0.39 is 0 Å². The van der Waals surface area contributed by atoms with Crippen molar-refractivity contribution in [3.05, 3.63) is 35.1 Å². The van der Waals surface area contributed by atoms with Crippen molar-refractivity contribution in [1.82, 2.24) is 4.90 Å². The second-order valence-electron chi connectivity index (χ2n) is 4.99. The number of hydrogen-bond donors (Lipinski definition) is 1. The largest absolute Gasteiger partial charge is 0.394 e. The summed E-state index contributed by atoms with van der Waals surface area (Å²) in [6.45, 7) is 2.63. The van der Waals surface area contributed by atoms with Gasteiger partial charge in [0.1, 0.15) is 5.82 Å². The highest BCUT2D eigenvalue weighted by Gasteiger charge is 2.20. The number of nitrogens with zero attached hydrogens (tertiary/aromatic N) is 2. The summed E-state index contributed by atoms with van der Waals surface area (Å²) >= 11 is 0. The van der Waals surface area contributed by atoms with E-state index in [-0.39, 0.29) is 18.5 Å². The molecule has 1 aromatic carbocycles. The average Bonchev–Trinajstić information content (AvgIpc) is 2.49. The van der Waals surface area contributed by atoms with E-state index >= 15 is 0 Å². The summed E-state index contributed by atoms with van der Waals surface area (Å²) in [5, 5.41) is 17.6. The lowest BCUT2D eigenvalue weighted by Gasteiger charge is -2.31. The molecule has 4 nitrogen and oxygen atoms in total. The molecule has 108 valence electrons. The van der Waals surface area contributed by atoms with Crippen LogP contribution in [0.2, 0.25) is 0 Å². The number of aliphatic hydroxyl groups excluding tert-OH is 1. The van der Waals surface area contributed by atoms with Crippen molar-refractivity contribution in [2.24, 2.45) is 0 Å². The number of nitriles is 1. The van der Waals surface area contributed by atoms with Gasteiger partial charge in [-0.3, -0.25) is 4.90 Å². The third kappa shape index (κ3) is 4.01. The minimum Gasteiger partial charge on any atom is -0.394 e. The van der Waals surface area contributed by atoms with Crippen molar-refractivity contribution < 1.29 is 14.2 Å². The van der Waals surface area contributed by atoms with Gasteiger partial charge in [-0.15, -0.1) is 0 Å². The minimum absolute atomic E-state index is 0.0480. The molecule has 0 radical (unpaired) electrons. The summed E-state index contributed by atoms with van der Waals surface area (Å²) in [4.78, 5) is 2.17. The third-order valence-corrected chi connectivity index (χ3v) is 3.55. The maximum absolute atomic E-state index is 13.7. The first-order valence-corrected chi connectivity index (χ1v) is 6.86. The molecule has 1 fully saturated rings. The van der Waals surface area contributed by atoms with Gasteiger partial charge in [-0.25, -0.2) is 4.39 Å². The molecule has 1 aliphatic heterocycles. The molecule has 5 heteroatoms. The van der Waals surface area contributed by atoms with Crippen LogP contribution in [0.25, 0.3) is 0 Å². The van der Waals surface area contributed by atoms with Gasteiger partial charge in [0.05, 0.1) is 31.0 Å². The Bertz CT molecular complexity index is 479. The van der Waals surface area contributed by atoms with Gasteiger partial charge in [0.2, 0.25) is 0 Å². The van der Waals surface area contributed by atoms with Crippen molar-refractivity contribution >= 4 is 0 Å². The van der Waals surface area contributed by atoms with E-state index in [4.69, 9.17) is 15.1 Å². The van der Waals surface area contributed by atoms with E-state index in [0.29, 0.717) is 24.3 Å². The lowest BCUT2D eigenvalue weighted by Crippen LogP contribution is -2.37. The molecule has 0 amide bonds. The maximum Gasteiger partial charge on any atom is 0.127 e. The Hall–Kier alpha value is -1.48. The Labute approximate surface area is 118 Å². The standard InChI is InChI=1S/C15H19FN2O2/c16-15-2-1-12(10-17)9-13(15)11-18-5-3-14(4-6-18)20-8-7-19/h1-2,9,14,19H,3-8,11H2. The van der Waals surface area contributed by atoms with Crippen LogP contribution in [0.3, 0.4) is 0 Å². The lowest BCUT2D eigenvalue weighted by atomic mass is 10.1. The maximum atomic E-state index is 13.7. The van der Waals surface area contributed by atoms with E-state index in [1.807, 2.05) is 6.07 Å². The van der Waals surface area contributed by atoms with Gasteiger partial charge in [0, 0.05) is 25.2 Å². The van der Waals surface area contributed by atoms with Crippen molar-refractivity contribution in [1.29, 1.82) is 5.26 Å². The predicted molar refractivity (Wildman–Crippen MR) is 72.5 cm³/mol. The molecule has 0 bridgehead atoms. The first kappa shape index (κ1) is 14.9. The van der Waals surface area contributed by atoms with Gasteiger partial charge in [-0.2, -0.15) is 5.26 Å². The molecular weight excluding hydrogens is 259 g/mol. The normalized spacial score (nSPS) is 17.1. The van der Waals surface area contributed by atoms with E-state index in [9.17, 15) is 4.39 Å². The van der Waals surface area contributed by atoms with Crippen LogP contribution in [-0.2, 0) is 11.3 Å². The predicted octanol–water partition coefficient (Wildman–Crippen LogP) is 1.67. The summed E-state index contributed by atoms with van der Waals surface area (Å²) in [7, 11) is 0. The van der Waals surface area contributed by atoms with Gasteiger partial charge in [0.15, 0.2) is 0 Å². The Morgan fingerprint density at radius 2 is 2.15 bits per heavy atom. The fourth-order valence-corrected chi connectivity index (χ4v) is 2.46. The highest BCUT2D eigenvalue weighted by molar-refractivity contribution is 5.33. The average molecular weight is 278 g/mol. The number of hydrogen-bond acceptors (Lipinski definition) is 4. The summed E-state index contributed by atoms with van der Waals surface area (Å²) in [5.41, 5.74) is 1.06. The molecule has 1 heterocycles. The van der Waals surface area contributed by atoms with Gasteiger partial charge >= 0.3 is 0 Å². The van der Waals surface area contributed by atoms with E-state index in [2.05, 4.69) is 4.90 Å². The van der Waals surface area contributed by atoms with E-state index in [1.165, 1.54) is 12.1 Å². The highest BCUT2D eigenvalue weighted by atomic mass is 19.1. The molecule has 1 aliphatic rings. The Balaban J connectivity index is 1.88. The Morgan fingerprint density at radius 3 is 2.80 bits per heavy atom. The van der Waals surface area contributed by atoms with Gasteiger partial charge in [0.25, 0.3) is 0 Å². The quantitative estimate of drug-likeness (QED) is 0.890. The van der Waals surface area contributed by atoms with Crippen LogP contribution in [0.1, 0.15) is 24.0 Å². The fraction of sp³-hybridized carbons (Fsp3) is 0.533. The number of benzene rings is 1. The molecule has 0 spiro atoms. The molecule has 2 rings (SSSR count). The highest BCUT2D eigenvalue weighted by Crippen LogP contribution is 2.18. The number of rotatable bonds is 5. The summed E-state index contributed by atoms with van der Waals surface area (Å²) in [5.74, 6) is -0.261. The van der Waals surface area contributed by atoms with Crippen molar-refractivity contribution in [2.45, 2.75) is 25.5 Å². The smallest absolute Gasteiger partial charge is 0.127 e. The second-order valence-corrected chi connectivity index (χ2v) is 4.99. The molecule has 1 saturated heterocycles. The first-order valence-electron chi connectivity index (χ1n) is 6.86. The van der Waals surface area contributed by atoms with E-state index in [0.717, 1.165) is 25.9 Å². The van der Waals surface area contributed by atoms with Crippen molar-refractivity contribution in [2.75, 3.05) is 26.3 Å². The van der Waals surface area contributed by atoms with Crippen LogP contribution >= 0.6 is 0 Å². The number of ether oxygens (including phenoxy) is 1. The zero-order valence-electron chi connectivity index (χ0n) is 11.4. The fourth-order valence-electron chi connectivity index (χ4n) is 2.46. The summed E-state index contributed by atoms with van der Waals surface area (Å²) < 4.78 is 19.2. The number of halogens is 1. The summed E-state index contributed by atoms with van der Waals surface area (Å²) in [6, 6.07) is 6.49. The summed E-state index contributed by atoms with van der Waals surface area (Å²) in [6.07, 6.45) is 1.97. The molecule has 1 aromatic rings. The van der Waals surface area contributed by atoms with Gasteiger partial charge < -0.3 is 9.84 Å². The lowest BCUT2D eigenvalue weighted by molar-refractivity contribution is -0.00914. The van der Waals surface area contributed by atoms with Crippen LogP contribution in [0.15, 0.2) is 18.2 Å². The SMILES string of the molecule is N#Cc1ccc(F)c(CN2CCC(OCCO)CC2)c1. The molecule has 20 heavy (non-hydrogen) atoms. The monoisotopic (exact) mass is 278 g/mol.